The molecule has 0 aliphatic carbocycles. The van der Waals surface area contributed by atoms with Crippen LogP contribution >= 0.6 is 22.9 Å². The smallest absolute Gasteiger partial charge is 0.272 e. The molecule has 2 rings (SSSR count). The van der Waals surface area contributed by atoms with E-state index in [9.17, 15) is 15.2 Å². The van der Waals surface area contributed by atoms with Gasteiger partial charge in [-0.05, 0) is 12.1 Å². The van der Waals surface area contributed by atoms with Crippen LogP contribution in [-0.2, 0) is 6.42 Å². The fraction of sp³-hybridized carbons (Fsp3) is 0.167. The van der Waals surface area contributed by atoms with Crippen molar-refractivity contribution in [1.82, 2.24) is 0 Å². The van der Waals surface area contributed by atoms with Gasteiger partial charge in [-0.1, -0.05) is 29.8 Å². The van der Waals surface area contributed by atoms with Crippen molar-refractivity contribution in [2.45, 2.75) is 12.5 Å². The zero-order valence-corrected chi connectivity index (χ0v) is 10.8. The van der Waals surface area contributed by atoms with Crippen molar-refractivity contribution in [3.05, 3.63) is 61.3 Å². The molecule has 0 fully saturated rings. The summed E-state index contributed by atoms with van der Waals surface area (Å²) in [6, 6.07) is 9.84. The van der Waals surface area contributed by atoms with Gasteiger partial charge in [-0.2, -0.15) is 0 Å². The number of aliphatic hydroxyl groups is 1. The molecule has 1 atom stereocenters. The number of nitro benzene ring substituents is 1. The number of nitrogens with zero attached hydrogens (tertiary/aromatic N) is 1. The highest BCUT2D eigenvalue weighted by molar-refractivity contribution is 7.16. The fourth-order valence-electron chi connectivity index (χ4n) is 1.68. The second-order valence-corrected chi connectivity index (χ2v) is 5.49. The van der Waals surface area contributed by atoms with Crippen molar-refractivity contribution < 1.29 is 10.0 Å². The van der Waals surface area contributed by atoms with Crippen LogP contribution in [0.15, 0.2) is 36.4 Å². The van der Waals surface area contributed by atoms with Gasteiger partial charge >= 0.3 is 0 Å². The van der Waals surface area contributed by atoms with Crippen LogP contribution in [0.4, 0.5) is 5.69 Å². The molecule has 0 aliphatic rings. The molecule has 0 saturated heterocycles. The predicted octanol–water partition coefficient (Wildman–Crippen LogP) is 3.59. The standard InChI is InChI=1S/C12H10ClNO3S/c13-12-6-5-11(18-12)10(15)7-8-3-1-2-4-9(8)14(16)17/h1-6,10,15H,7H2. The number of thiophene rings is 1. The van der Waals surface area contributed by atoms with Crippen LogP contribution in [0.1, 0.15) is 16.5 Å². The molecule has 1 heterocycles. The Morgan fingerprint density at radius 2 is 2.06 bits per heavy atom. The van der Waals surface area contributed by atoms with Gasteiger partial charge in [0.2, 0.25) is 0 Å². The molecular weight excluding hydrogens is 274 g/mol. The lowest BCUT2D eigenvalue weighted by Gasteiger charge is -2.08. The van der Waals surface area contributed by atoms with Crippen molar-refractivity contribution in [2.24, 2.45) is 0 Å². The number of hydrogen-bond acceptors (Lipinski definition) is 4. The largest absolute Gasteiger partial charge is 0.387 e. The number of benzene rings is 1. The summed E-state index contributed by atoms with van der Waals surface area (Å²) in [7, 11) is 0. The third-order valence-corrected chi connectivity index (χ3v) is 3.86. The Balaban J connectivity index is 2.21. The van der Waals surface area contributed by atoms with E-state index in [0.717, 1.165) is 0 Å². The van der Waals surface area contributed by atoms with Crippen LogP contribution in [0, 0.1) is 10.1 Å². The topological polar surface area (TPSA) is 63.4 Å². The summed E-state index contributed by atoms with van der Waals surface area (Å²) in [5.74, 6) is 0. The highest BCUT2D eigenvalue weighted by Crippen LogP contribution is 2.30. The van der Waals surface area contributed by atoms with Gasteiger partial charge in [-0.25, -0.2) is 0 Å². The third-order valence-electron chi connectivity index (χ3n) is 2.52. The molecule has 94 valence electrons. The van der Waals surface area contributed by atoms with Gasteiger partial charge in [0.05, 0.1) is 15.4 Å². The maximum atomic E-state index is 10.8. The molecule has 0 bridgehead atoms. The van der Waals surface area contributed by atoms with Crippen LogP contribution in [0.2, 0.25) is 4.34 Å². The molecule has 2 aromatic rings. The van der Waals surface area contributed by atoms with E-state index in [2.05, 4.69) is 0 Å². The number of rotatable bonds is 4. The minimum Gasteiger partial charge on any atom is -0.387 e. The summed E-state index contributed by atoms with van der Waals surface area (Å²) in [4.78, 5) is 11.1. The first-order valence-electron chi connectivity index (χ1n) is 5.23. The first-order chi connectivity index (χ1) is 8.58. The average Bonchev–Trinajstić information content (AvgIpc) is 2.76. The maximum Gasteiger partial charge on any atom is 0.272 e. The van der Waals surface area contributed by atoms with E-state index in [-0.39, 0.29) is 12.1 Å². The van der Waals surface area contributed by atoms with Crippen LogP contribution in [0.25, 0.3) is 0 Å². The molecule has 1 N–H and O–H groups in total. The average molecular weight is 284 g/mol. The van der Waals surface area contributed by atoms with Crippen molar-refractivity contribution in [2.75, 3.05) is 0 Å². The fourth-order valence-corrected chi connectivity index (χ4v) is 2.72. The van der Waals surface area contributed by atoms with E-state index in [1.54, 1.807) is 30.3 Å². The molecule has 0 amide bonds. The normalized spacial score (nSPS) is 12.3. The predicted molar refractivity (Wildman–Crippen MR) is 71.1 cm³/mol. The highest BCUT2D eigenvalue weighted by atomic mass is 35.5. The van der Waals surface area contributed by atoms with Crippen LogP contribution < -0.4 is 0 Å². The van der Waals surface area contributed by atoms with Gasteiger partial charge in [0.1, 0.15) is 0 Å². The summed E-state index contributed by atoms with van der Waals surface area (Å²) in [6.45, 7) is 0. The number of aliphatic hydroxyl groups excluding tert-OH is 1. The number of halogens is 1. The van der Waals surface area contributed by atoms with Crippen LogP contribution in [0.3, 0.4) is 0 Å². The molecule has 6 heteroatoms. The number of nitro groups is 1. The second kappa shape index (κ2) is 5.48. The zero-order chi connectivity index (χ0) is 13.1. The minimum atomic E-state index is -0.774. The van der Waals surface area contributed by atoms with E-state index >= 15 is 0 Å². The minimum absolute atomic E-state index is 0.0270. The quantitative estimate of drug-likeness (QED) is 0.689. The van der Waals surface area contributed by atoms with E-state index in [1.807, 2.05) is 0 Å². The lowest BCUT2D eigenvalue weighted by atomic mass is 10.1. The monoisotopic (exact) mass is 283 g/mol. The third kappa shape index (κ3) is 2.87. The molecule has 0 spiro atoms. The van der Waals surface area contributed by atoms with Gasteiger partial charge < -0.3 is 5.11 Å². The highest BCUT2D eigenvalue weighted by Gasteiger charge is 2.18. The maximum absolute atomic E-state index is 10.8. The van der Waals surface area contributed by atoms with Crippen molar-refractivity contribution in [3.63, 3.8) is 0 Å². The van der Waals surface area contributed by atoms with E-state index < -0.39 is 11.0 Å². The molecule has 1 aromatic heterocycles. The SMILES string of the molecule is O=[N+]([O-])c1ccccc1CC(O)c1ccc(Cl)s1. The van der Waals surface area contributed by atoms with E-state index in [1.165, 1.54) is 17.4 Å². The first-order valence-corrected chi connectivity index (χ1v) is 6.43. The summed E-state index contributed by atoms with van der Waals surface area (Å²) in [5, 5.41) is 20.9. The van der Waals surface area contributed by atoms with Crippen LogP contribution in [0.5, 0.6) is 0 Å². The molecule has 1 aromatic carbocycles. The summed E-state index contributed by atoms with van der Waals surface area (Å²) in [5.41, 5.74) is 0.540. The molecular formula is C12H10ClNO3S. The molecule has 0 aliphatic heterocycles. The summed E-state index contributed by atoms with van der Waals surface area (Å²) in [6.07, 6.45) is -0.572. The molecule has 18 heavy (non-hydrogen) atoms. The lowest BCUT2D eigenvalue weighted by Crippen LogP contribution is -2.02. The van der Waals surface area contributed by atoms with Gasteiger partial charge in [0.15, 0.2) is 0 Å². The second-order valence-electron chi connectivity index (χ2n) is 3.75. The molecule has 4 nitrogen and oxygen atoms in total. The Morgan fingerprint density at radius 1 is 1.33 bits per heavy atom. The summed E-state index contributed by atoms with van der Waals surface area (Å²) >= 11 is 7.06. The van der Waals surface area contributed by atoms with Gasteiger partial charge in [-0.3, -0.25) is 10.1 Å². The number of para-hydroxylation sites is 1. The Morgan fingerprint density at radius 3 is 2.67 bits per heavy atom. The summed E-state index contributed by atoms with van der Waals surface area (Å²) < 4.78 is 0.589. The van der Waals surface area contributed by atoms with Gasteiger partial charge in [0, 0.05) is 22.9 Å². The van der Waals surface area contributed by atoms with Crippen molar-refractivity contribution in [3.8, 4) is 0 Å². The first kappa shape index (κ1) is 13.0. The molecule has 1 unspecified atom stereocenters. The van der Waals surface area contributed by atoms with Gasteiger partial charge in [-0.15, -0.1) is 11.3 Å². The Hall–Kier alpha value is -1.43. The Bertz CT molecular complexity index is 570. The Kier molecular flexibility index (Phi) is 3.96. The zero-order valence-electron chi connectivity index (χ0n) is 9.25. The van der Waals surface area contributed by atoms with Crippen LogP contribution in [-0.4, -0.2) is 10.0 Å². The molecule has 0 saturated carbocycles. The number of hydrogen-bond donors (Lipinski definition) is 1. The van der Waals surface area contributed by atoms with Crippen molar-refractivity contribution in [1.29, 1.82) is 0 Å². The van der Waals surface area contributed by atoms with Crippen molar-refractivity contribution >= 4 is 28.6 Å². The lowest BCUT2D eigenvalue weighted by molar-refractivity contribution is -0.385. The van der Waals surface area contributed by atoms with E-state index in [4.69, 9.17) is 11.6 Å². The molecule has 0 radical (unpaired) electrons. The van der Waals surface area contributed by atoms with E-state index in [0.29, 0.717) is 14.8 Å². The van der Waals surface area contributed by atoms with Gasteiger partial charge in [0.25, 0.3) is 5.69 Å². The Labute approximate surface area is 113 Å².